The van der Waals surface area contributed by atoms with Gasteiger partial charge in [0.15, 0.2) is 5.65 Å². The third-order valence-electron chi connectivity index (χ3n) is 2.51. The van der Waals surface area contributed by atoms with Gasteiger partial charge in [0, 0.05) is 0 Å². The molecule has 2 aromatic heterocycles. The lowest BCUT2D eigenvalue weighted by atomic mass is 10.2. The van der Waals surface area contributed by atoms with Crippen LogP contribution in [-0.2, 0) is 0 Å². The van der Waals surface area contributed by atoms with Crippen LogP contribution in [0.4, 0.5) is 0 Å². The van der Waals surface area contributed by atoms with E-state index < -0.39 is 5.97 Å². The summed E-state index contributed by atoms with van der Waals surface area (Å²) in [7, 11) is 0. The smallest absolute Gasteiger partial charge is 0.339 e. The van der Waals surface area contributed by atoms with E-state index >= 15 is 0 Å². The third-order valence-corrected chi connectivity index (χ3v) is 2.51. The van der Waals surface area contributed by atoms with Crippen molar-refractivity contribution in [3.8, 4) is 11.6 Å². The molecule has 0 aliphatic rings. The molecular formula is C12H8N4O3. The molecule has 2 heterocycles. The van der Waals surface area contributed by atoms with Gasteiger partial charge in [0.05, 0.1) is 6.33 Å². The molecule has 94 valence electrons. The number of carboxylic acids is 1. The Hall–Kier alpha value is -2.96. The molecule has 0 aliphatic carbocycles. The normalized spacial score (nSPS) is 10.5. The van der Waals surface area contributed by atoms with Crippen molar-refractivity contribution < 1.29 is 14.6 Å². The number of nitrogens with one attached hydrogen (secondary N) is 1. The van der Waals surface area contributed by atoms with E-state index in [0.29, 0.717) is 11.2 Å². The summed E-state index contributed by atoms with van der Waals surface area (Å²) in [5.74, 6) is -0.619. The summed E-state index contributed by atoms with van der Waals surface area (Å²) in [6, 6.07) is 6.34. The van der Waals surface area contributed by atoms with Gasteiger partial charge in [0.25, 0.3) is 0 Å². The van der Waals surface area contributed by atoms with Gasteiger partial charge in [-0.05, 0) is 12.1 Å². The number of aromatic nitrogens is 4. The maximum atomic E-state index is 11.1. The molecule has 0 saturated carbocycles. The Labute approximate surface area is 106 Å². The average Bonchev–Trinajstić information content (AvgIpc) is 2.88. The number of hydrogen-bond acceptors (Lipinski definition) is 5. The summed E-state index contributed by atoms with van der Waals surface area (Å²) in [6.07, 6.45) is 2.77. The molecule has 7 heteroatoms. The first-order valence-corrected chi connectivity index (χ1v) is 5.40. The molecular weight excluding hydrogens is 248 g/mol. The van der Waals surface area contributed by atoms with Gasteiger partial charge in [0.2, 0.25) is 5.88 Å². The predicted molar refractivity (Wildman–Crippen MR) is 65.2 cm³/mol. The molecule has 0 spiro atoms. The lowest BCUT2D eigenvalue weighted by Crippen LogP contribution is -2.00. The minimum atomic E-state index is -1.06. The van der Waals surface area contributed by atoms with E-state index in [4.69, 9.17) is 9.84 Å². The monoisotopic (exact) mass is 256 g/mol. The summed E-state index contributed by atoms with van der Waals surface area (Å²) >= 11 is 0. The fourth-order valence-corrected chi connectivity index (χ4v) is 1.66. The Morgan fingerprint density at radius 1 is 1.21 bits per heavy atom. The number of ether oxygens (including phenoxy) is 1. The van der Waals surface area contributed by atoms with E-state index in [1.54, 1.807) is 18.2 Å². The van der Waals surface area contributed by atoms with Gasteiger partial charge in [-0.25, -0.2) is 14.8 Å². The van der Waals surface area contributed by atoms with Gasteiger partial charge in [0.1, 0.15) is 23.2 Å². The molecule has 19 heavy (non-hydrogen) atoms. The molecule has 2 N–H and O–H groups in total. The molecule has 0 saturated heterocycles. The first kappa shape index (κ1) is 11.1. The highest BCUT2D eigenvalue weighted by molar-refractivity contribution is 5.91. The van der Waals surface area contributed by atoms with Gasteiger partial charge in [-0.2, -0.15) is 4.98 Å². The lowest BCUT2D eigenvalue weighted by molar-refractivity contribution is 0.0694. The summed E-state index contributed by atoms with van der Waals surface area (Å²) in [5.41, 5.74) is 1.04. The zero-order chi connectivity index (χ0) is 13.2. The summed E-state index contributed by atoms with van der Waals surface area (Å²) in [4.78, 5) is 25.8. The zero-order valence-corrected chi connectivity index (χ0v) is 9.57. The van der Waals surface area contributed by atoms with E-state index in [0.717, 1.165) is 0 Å². The van der Waals surface area contributed by atoms with E-state index in [2.05, 4.69) is 19.9 Å². The van der Waals surface area contributed by atoms with Gasteiger partial charge in [-0.3, -0.25) is 0 Å². The van der Waals surface area contributed by atoms with Crippen molar-refractivity contribution in [3.63, 3.8) is 0 Å². The number of benzene rings is 1. The molecule has 7 nitrogen and oxygen atoms in total. The highest BCUT2D eigenvalue weighted by Gasteiger charge is 2.14. The Kier molecular flexibility index (Phi) is 2.57. The second-order valence-electron chi connectivity index (χ2n) is 3.68. The Balaban J connectivity index is 2.06. The van der Waals surface area contributed by atoms with Gasteiger partial charge in [-0.15, -0.1) is 0 Å². The lowest BCUT2D eigenvalue weighted by Gasteiger charge is -2.07. The predicted octanol–water partition coefficient (Wildman–Crippen LogP) is 1.84. The molecule has 1 aromatic carbocycles. The highest BCUT2D eigenvalue weighted by atomic mass is 16.5. The van der Waals surface area contributed by atoms with E-state index in [1.165, 1.54) is 18.7 Å². The number of rotatable bonds is 3. The van der Waals surface area contributed by atoms with Gasteiger partial charge in [-0.1, -0.05) is 12.1 Å². The SMILES string of the molecule is O=C(O)c1ccccc1Oc1ncnc2nc[nH]c12. The Morgan fingerprint density at radius 2 is 2.05 bits per heavy atom. The molecule has 0 bridgehead atoms. The number of para-hydroxylation sites is 1. The van der Waals surface area contributed by atoms with Crippen molar-refractivity contribution >= 4 is 17.1 Å². The van der Waals surface area contributed by atoms with Crippen molar-refractivity contribution in [2.75, 3.05) is 0 Å². The molecule has 3 aromatic rings. The van der Waals surface area contributed by atoms with Crippen LogP contribution >= 0.6 is 0 Å². The van der Waals surface area contributed by atoms with Crippen molar-refractivity contribution in [1.29, 1.82) is 0 Å². The number of fused-ring (bicyclic) bond motifs is 1. The van der Waals surface area contributed by atoms with Crippen LogP contribution in [0.1, 0.15) is 10.4 Å². The van der Waals surface area contributed by atoms with Crippen molar-refractivity contribution in [3.05, 3.63) is 42.5 Å². The van der Waals surface area contributed by atoms with Crippen molar-refractivity contribution in [2.24, 2.45) is 0 Å². The Morgan fingerprint density at radius 3 is 2.89 bits per heavy atom. The fourth-order valence-electron chi connectivity index (χ4n) is 1.66. The molecule has 0 fully saturated rings. The number of H-pyrrole nitrogens is 1. The maximum absolute atomic E-state index is 11.1. The van der Waals surface area contributed by atoms with Crippen molar-refractivity contribution in [2.45, 2.75) is 0 Å². The number of aromatic carboxylic acids is 1. The number of imidazole rings is 1. The second-order valence-corrected chi connectivity index (χ2v) is 3.68. The Bertz CT molecular complexity index is 753. The van der Waals surface area contributed by atoms with Crippen LogP contribution in [0.15, 0.2) is 36.9 Å². The standard InChI is InChI=1S/C12H8N4O3/c17-12(18)7-3-1-2-4-8(7)19-11-9-10(14-5-13-9)15-6-16-11/h1-6H,(H,17,18)(H,13,14,15,16). The van der Waals surface area contributed by atoms with Crippen LogP contribution in [0.3, 0.4) is 0 Å². The minimum absolute atomic E-state index is 0.0637. The maximum Gasteiger partial charge on any atom is 0.339 e. The highest BCUT2D eigenvalue weighted by Crippen LogP contribution is 2.27. The summed E-state index contributed by atoms with van der Waals surface area (Å²) < 4.78 is 5.54. The number of aromatic amines is 1. The summed E-state index contributed by atoms with van der Waals surface area (Å²) in [5, 5.41) is 9.08. The van der Waals surface area contributed by atoms with Crippen LogP contribution in [0.2, 0.25) is 0 Å². The number of carbonyl (C=O) groups is 1. The number of nitrogens with zero attached hydrogens (tertiary/aromatic N) is 3. The van der Waals surface area contributed by atoms with Crippen molar-refractivity contribution in [1.82, 2.24) is 19.9 Å². The molecule has 0 aliphatic heterocycles. The molecule has 3 rings (SSSR count). The van der Waals surface area contributed by atoms with Crippen LogP contribution in [0.5, 0.6) is 11.6 Å². The topological polar surface area (TPSA) is 101 Å². The van der Waals surface area contributed by atoms with Crippen LogP contribution in [0.25, 0.3) is 11.2 Å². The first-order valence-electron chi connectivity index (χ1n) is 5.40. The van der Waals surface area contributed by atoms with Crippen LogP contribution in [0, 0.1) is 0 Å². The van der Waals surface area contributed by atoms with Crippen LogP contribution in [-0.4, -0.2) is 31.0 Å². The quantitative estimate of drug-likeness (QED) is 0.741. The van der Waals surface area contributed by atoms with E-state index in [-0.39, 0.29) is 17.2 Å². The van der Waals surface area contributed by atoms with E-state index in [9.17, 15) is 4.79 Å². The summed E-state index contributed by atoms with van der Waals surface area (Å²) in [6.45, 7) is 0. The molecule has 0 unspecified atom stereocenters. The largest absolute Gasteiger partial charge is 0.478 e. The minimum Gasteiger partial charge on any atom is -0.478 e. The van der Waals surface area contributed by atoms with E-state index in [1.807, 2.05) is 0 Å². The number of hydrogen-bond donors (Lipinski definition) is 2. The second kappa shape index (κ2) is 4.37. The first-order chi connectivity index (χ1) is 9.25. The molecule has 0 amide bonds. The molecule has 0 radical (unpaired) electrons. The van der Waals surface area contributed by atoms with Crippen LogP contribution < -0.4 is 4.74 Å². The molecule has 0 atom stereocenters. The number of carboxylic acid groups (broad SMARTS) is 1. The fraction of sp³-hybridized carbons (Fsp3) is 0. The zero-order valence-electron chi connectivity index (χ0n) is 9.57. The van der Waals surface area contributed by atoms with Gasteiger partial charge < -0.3 is 14.8 Å². The average molecular weight is 256 g/mol. The van der Waals surface area contributed by atoms with Gasteiger partial charge >= 0.3 is 5.97 Å². The third kappa shape index (κ3) is 1.97.